The van der Waals surface area contributed by atoms with Crippen molar-refractivity contribution in [3.05, 3.63) is 162 Å². The van der Waals surface area contributed by atoms with E-state index in [1.54, 1.807) is 0 Å². The Kier molecular flexibility index (Phi) is 6.44. The predicted octanol–water partition coefficient (Wildman–Crippen LogP) is 6.28. The van der Waals surface area contributed by atoms with Gasteiger partial charge in [0, 0.05) is 5.56 Å². The molecule has 0 unspecified atom stereocenters. The lowest BCUT2D eigenvalue weighted by Gasteiger charge is -2.23. The zero-order valence-corrected chi connectivity index (χ0v) is 20.8. The number of amidine groups is 1. The molecule has 3 heteroatoms. The summed E-state index contributed by atoms with van der Waals surface area (Å²) in [5.74, 6) is 0.965. The number of nitrogens with one attached hydrogen (secondary N) is 1. The zero-order valence-electron chi connectivity index (χ0n) is 19.9. The Morgan fingerprint density at radius 1 is 0.500 bits per heavy atom. The van der Waals surface area contributed by atoms with Crippen molar-refractivity contribution < 1.29 is 0 Å². The second-order valence-corrected chi connectivity index (χ2v) is 11.1. The largest absolute Gasteiger partial charge is 0.361 e. The van der Waals surface area contributed by atoms with E-state index in [4.69, 9.17) is 4.99 Å². The second-order valence-electron chi connectivity index (χ2n) is 8.89. The summed E-state index contributed by atoms with van der Waals surface area (Å²) in [4.78, 5) is 5.33. The van der Waals surface area contributed by atoms with Crippen molar-refractivity contribution in [3.8, 4) is 0 Å². The highest BCUT2D eigenvalue weighted by molar-refractivity contribution is 7.80. The summed E-state index contributed by atoms with van der Waals surface area (Å²) >= 11 is 0. The molecule has 0 saturated heterocycles. The average Bonchev–Trinajstić information content (AvgIpc) is 3.41. The highest BCUT2D eigenvalue weighted by atomic mass is 31.1. The molecule has 0 bridgehead atoms. The van der Waals surface area contributed by atoms with Crippen LogP contribution in [0, 0.1) is 0 Å². The second kappa shape index (κ2) is 10.3. The molecule has 6 rings (SSSR count). The van der Waals surface area contributed by atoms with Crippen LogP contribution in [0.2, 0.25) is 0 Å². The molecule has 0 spiro atoms. The third-order valence-electron chi connectivity index (χ3n) is 6.60. The van der Waals surface area contributed by atoms with Crippen molar-refractivity contribution in [1.82, 2.24) is 5.32 Å². The Morgan fingerprint density at radius 3 is 1.56 bits per heavy atom. The fourth-order valence-electron chi connectivity index (χ4n) is 4.92. The minimum absolute atomic E-state index is 0.0105. The Balaban J connectivity index is 1.48. The standard InChI is InChI=1S/C33H27N2P/c1-5-15-25(16-6-1)31-32(26-17-7-2-8-18-26)35-33(34-31)29-23-13-14-24-30(29)36(27-19-9-3-10-20-27)28-21-11-4-12-22-28/h1-24,31-32H,(H,34,35)/t31-,32-/m1/s1. The molecule has 36 heavy (non-hydrogen) atoms. The molecule has 0 saturated carbocycles. The monoisotopic (exact) mass is 482 g/mol. The molecule has 174 valence electrons. The van der Waals surface area contributed by atoms with E-state index in [1.165, 1.54) is 32.6 Å². The average molecular weight is 483 g/mol. The zero-order chi connectivity index (χ0) is 24.2. The maximum Gasteiger partial charge on any atom is 0.130 e. The van der Waals surface area contributed by atoms with Gasteiger partial charge >= 0.3 is 0 Å². The molecule has 5 aromatic carbocycles. The lowest BCUT2D eigenvalue weighted by Crippen LogP contribution is -2.31. The van der Waals surface area contributed by atoms with E-state index in [9.17, 15) is 0 Å². The third kappa shape index (κ3) is 4.49. The first-order valence-corrected chi connectivity index (χ1v) is 13.7. The van der Waals surface area contributed by atoms with Crippen molar-refractivity contribution >= 4 is 29.7 Å². The Hall–Kier alpha value is -4.00. The van der Waals surface area contributed by atoms with Gasteiger partial charge in [-0.15, -0.1) is 0 Å². The highest BCUT2D eigenvalue weighted by Gasteiger charge is 2.33. The van der Waals surface area contributed by atoms with Crippen LogP contribution in [0.5, 0.6) is 0 Å². The molecule has 1 aliphatic rings. The van der Waals surface area contributed by atoms with Gasteiger partial charge in [0.05, 0.1) is 6.04 Å². The maximum absolute atomic E-state index is 5.33. The van der Waals surface area contributed by atoms with E-state index in [2.05, 4.69) is 151 Å². The molecule has 1 aliphatic heterocycles. The van der Waals surface area contributed by atoms with E-state index in [0.717, 1.165) is 5.84 Å². The van der Waals surface area contributed by atoms with E-state index < -0.39 is 7.92 Å². The quantitative estimate of drug-likeness (QED) is 0.283. The predicted molar refractivity (Wildman–Crippen MR) is 153 cm³/mol. The molecule has 0 amide bonds. The first-order chi connectivity index (χ1) is 17.9. The number of hydrogen-bond acceptors (Lipinski definition) is 2. The van der Waals surface area contributed by atoms with Crippen LogP contribution in [-0.2, 0) is 0 Å². The molecule has 0 fully saturated rings. The SMILES string of the molecule is c1ccc([C@H]2N=C(c3ccccc3P(c3ccccc3)c3ccccc3)N[C@@H]2c2ccccc2)cc1. The van der Waals surface area contributed by atoms with Gasteiger partial charge in [0.15, 0.2) is 0 Å². The molecule has 1 N–H and O–H groups in total. The summed E-state index contributed by atoms with van der Waals surface area (Å²) in [5, 5.41) is 7.82. The van der Waals surface area contributed by atoms with E-state index >= 15 is 0 Å². The van der Waals surface area contributed by atoms with Gasteiger partial charge in [0.1, 0.15) is 11.9 Å². The number of hydrogen-bond donors (Lipinski definition) is 1. The Morgan fingerprint density at radius 2 is 0.972 bits per heavy atom. The summed E-state index contributed by atoms with van der Waals surface area (Å²) in [5.41, 5.74) is 3.64. The van der Waals surface area contributed by atoms with Crippen molar-refractivity contribution in [2.45, 2.75) is 12.1 Å². The van der Waals surface area contributed by atoms with Crippen LogP contribution >= 0.6 is 7.92 Å². The van der Waals surface area contributed by atoms with Crippen LogP contribution in [0.1, 0.15) is 28.8 Å². The van der Waals surface area contributed by atoms with E-state index in [-0.39, 0.29) is 12.1 Å². The van der Waals surface area contributed by atoms with Crippen LogP contribution in [0.15, 0.2) is 151 Å². The van der Waals surface area contributed by atoms with Crippen LogP contribution in [-0.4, -0.2) is 5.84 Å². The van der Waals surface area contributed by atoms with Gasteiger partial charge in [-0.25, -0.2) is 0 Å². The summed E-state index contributed by atoms with van der Waals surface area (Å²) in [7, 11) is -0.741. The van der Waals surface area contributed by atoms with Crippen LogP contribution in [0.25, 0.3) is 0 Å². The molecule has 2 atom stereocenters. The summed E-state index contributed by atoms with van der Waals surface area (Å²) in [6.45, 7) is 0. The molecular formula is C33H27N2P. The molecule has 2 nitrogen and oxygen atoms in total. The van der Waals surface area contributed by atoms with Gasteiger partial charge in [-0.2, -0.15) is 0 Å². The normalized spacial score (nSPS) is 17.0. The van der Waals surface area contributed by atoms with Gasteiger partial charge in [-0.1, -0.05) is 146 Å². The molecule has 0 aliphatic carbocycles. The fourth-order valence-corrected chi connectivity index (χ4v) is 7.37. The van der Waals surface area contributed by atoms with Crippen molar-refractivity contribution in [2.75, 3.05) is 0 Å². The van der Waals surface area contributed by atoms with E-state index in [0.29, 0.717) is 0 Å². The van der Waals surface area contributed by atoms with Gasteiger partial charge in [-0.3, -0.25) is 4.99 Å². The lowest BCUT2D eigenvalue weighted by molar-refractivity contribution is 0.572. The molecular weight excluding hydrogens is 455 g/mol. The fraction of sp³-hybridized carbons (Fsp3) is 0.0606. The number of aliphatic imine (C=N–C) groups is 1. The van der Waals surface area contributed by atoms with Crippen molar-refractivity contribution in [1.29, 1.82) is 0 Å². The van der Waals surface area contributed by atoms with Crippen molar-refractivity contribution in [3.63, 3.8) is 0 Å². The minimum Gasteiger partial charge on any atom is -0.361 e. The van der Waals surface area contributed by atoms with Gasteiger partial charge in [-0.05, 0) is 35.0 Å². The summed E-state index contributed by atoms with van der Waals surface area (Å²) in [6, 6.07) is 51.9. The Bertz CT molecular complexity index is 1410. The van der Waals surface area contributed by atoms with E-state index in [1.807, 2.05) is 0 Å². The topological polar surface area (TPSA) is 24.4 Å². The number of benzene rings is 5. The first kappa shape index (κ1) is 22.5. The van der Waals surface area contributed by atoms with Gasteiger partial charge < -0.3 is 5.32 Å². The third-order valence-corrected chi connectivity index (χ3v) is 9.11. The Labute approximate surface area is 214 Å². The summed E-state index contributed by atoms with van der Waals surface area (Å²) < 4.78 is 0. The summed E-state index contributed by atoms with van der Waals surface area (Å²) in [6.07, 6.45) is 0. The molecule has 0 radical (unpaired) electrons. The van der Waals surface area contributed by atoms with Crippen LogP contribution in [0.4, 0.5) is 0 Å². The molecule has 5 aromatic rings. The number of nitrogens with zero attached hydrogens (tertiary/aromatic N) is 1. The van der Waals surface area contributed by atoms with Gasteiger partial charge in [0.2, 0.25) is 0 Å². The molecule has 1 heterocycles. The lowest BCUT2D eigenvalue weighted by atomic mass is 9.95. The van der Waals surface area contributed by atoms with Crippen molar-refractivity contribution in [2.24, 2.45) is 4.99 Å². The van der Waals surface area contributed by atoms with Gasteiger partial charge in [0.25, 0.3) is 0 Å². The smallest absolute Gasteiger partial charge is 0.130 e. The highest BCUT2D eigenvalue weighted by Crippen LogP contribution is 2.39. The first-order valence-electron chi connectivity index (χ1n) is 12.3. The van der Waals surface area contributed by atoms with Crippen LogP contribution in [0.3, 0.4) is 0 Å². The minimum atomic E-state index is -0.741. The van der Waals surface area contributed by atoms with Crippen LogP contribution < -0.4 is 21.2 Å². The molecule has 0 aromatic heterocycles. The maximum atomic E-state index is 5.33. The number of rotatable bonds is 6.